The first-order chi connectivity index (χ1) is 9.58. The summed E-state index contributed by atoms with van der Waals surface area (Å²) >= 11 is 1.46. The molecule has 4 nitrogen and oxygen atoms in total. The lowest BCUT2D eigenvalue weighted by Gasteiger charge is -2.21. The van der Waals surface area contributed by atoms with Crippen molar-refractivity contribution in [2.75, 3.05) is 0 Å². The lowest BCUT2D eigenvalue weighted by molar-refractivity contribution is 0.0965. The number of rotatable bonds is 2. The minimum absolute atomic E-state index is 0.183. The van der Waals surface area contributed by atoms with E-state index in [1.165, 1.54) is 17.3 Å². The van der Waals surface area contributed by atoms with Crippen molar-refractivity contribution in [3.05, 3.63) is 58.7 Å². The summed E-state index contributed by atoms with van der Waals surface area (Å²) in [5, 5.41) is 0. The van der Waals surface area contributed by atoms with E-state index in [9.17, 15) is 9.59 Å². The molecule has 2 aromatic carbocycles. The molecule has 100 valence electrons. The minimum Gasteiger partial charge on any atom is -0.366 e. The van der Waals surface area contributed by atoms with Crippen LogP contribution in [0.25, 0.3) is 0 Å². The average molecular weight is 284 g/mol. The van der Waals surface area contributed by atoms with Crippen LogP contribution in [0, 0.1) is 0 Å². The van der Waals surface area contributed by atoms with Crippen LogP contribution in [-0.2, 0) is 6.42 Å². The van der Waals surface area contributed by atoms with E-state index < -0.39 is 11.8 Å². The van der Waals surface area contributed by atoms with Gasteiger partial charge in [-0.2, -0.15) is 0 Å². The Balaban J connectivity index is 2.21. The van der Waals surface area contributed by atoms with Gasteiger partial charge in [-0.15, -0.1) is 0 Å². The molecule has 2 amide bonds. The highest BCUT2D eigenvalue weighted by Crippen LogP contribution is 2.42. The second-order valence-corrected chi connectivity index (χ2v) is 5.64. The molecule has 0 aliphatic carbocycles. The van der Waals surface area contributed by atoms with Gasteiger partial charge in [0.2, 0.25) is 5.91 Å². The predicted octanol–water partition coefficient (Wildman–Crippen LogP) is 1.94. The van der Waals surface area contributed by atoms with E-state index in [0.29, 0.717) is 0 Å². The minimum atomic E-state index is -0.638. The maximum absolute atomic E-state index is 11.7. The number of nitrogens with two attached hydrogens (primary N) is 2. The van der Waals surface area contributed by atoms with E-state index in [4.69, 9.17) is 11.5 Å². The molecule has 1 heterocycles. The number of benzene rings is 2. The molecular weight excluding hydrogens is 272 g/mol. The van der Waals surface area contributed by atoms with Crippen LogP contribution >= 0.6 is 11.8 Å². The summed E-state index contributed by atoms with van der Waals surface area (Å²) in [6.07, 6.45) is 0.720. The smallest absolute Gasteiger partial charge is 0.250 e. The second kappa shape index (κ2) is 4.68. The van der Waals surface area contributed by atoms with Gasteiger partial charge in [0.25, 0.3) is 5.91 Å². The number of primary amides is 2. The zero-order chi connectivity index (χ0) is 14.3. The van der Waals surface area contributed by atoms with Crippen molar-refractivity contribution in [1.82, 2.24) is 0 Å². The summed E-state index contributed by atoms with van der Waals surface area (Å²) in [5.41, 5.74) is 13.4. The quantitative estimate of drug-likeness (QED) is 0.754. The van der Waals surface area contributed by atoms with Gasteiger partial charge in [-0.05, 0) is 29.7 Å². The van der Waals surface area contributed by atoms with Crippen molar-refractivity contribution in [3.63, 3.8) is 0 Å². The van der Waals surface area contributed by atoms with Crippen LogP contribution in [0.5, 0.6) is 0 Å². The molecule has 0 radical (unpaired) electrons. The fourth-order valence-electron chi connectivity index (χ4n) is 2.40. The van der Waals surface area contributed by atoms with E-state index in [1.807, 2.05) is 24.3 Å². The average Bonchev–Trinajstić information content (AvgIpc) is 2.43. The topological polar surface area (TPSA) is 86.2 Å². The molecule has 0 saturated carbocycles. The van der Waals surface area contributed by atoms with Gasteiger partial charge in [0.1, 0.15) is 0 Å². The molecule has 3 rings (SSSR count). The third-order valence-electron chi connectivity index (χ3n) is 3.32. The number of fused-ring (bicyclic) bond motifs is 2. The number of carbonyl (C=O) groups excluding carboxylic acids is 2. The van der Waals surface area contributed by atoms with Crippen LogP contribution in [0.15, 0.2) is 46.2 Å². The Morgan fingerprint density at radius 2 is 1.70 bits per heavy atom. The highest BCUT2D eigenvalue weighted by molar-refractivity contribution is 7.99. The van der Waals surface area contributed by atoms with Crippen molar-refractivity contribution in [3.8, 4) is 0 Å². The van der Waals surface area contributed by atoms with Crippen LogP contribution in [0.3, 0.4) is 0 Å². The lowest BCUT2D eigenvalue weighted by Crippen LogP contribution is -2.22. The first kappa shape index (κ1) is 12.7. The summed E-state index contributed by atoms with van der Waals surface area (Å²) < 4.78 is 0. The molecule has 0 bridgehead atoms. The van der Waals surface area contributed by atoms with Gasteiger partial charge in [-0.25, -0.2) is 0 Å². The van der Waals surface area contributed by atoms with Crippen LogP contribution in [0.1, 0.15) is 31.8 Å². The number of hydrogen-bond donors (Lipinski definition) is 2. The van der Waals surface area contributed by atoms with Gasteiger partial charge in [0.05, 0.1) is 11.1 Å². The van der Waals surface area contributed by atoms with Gasteiger partial charge >= 0.3 is 0 Å². The fraction of sp³-hybridized carbons (Fsp3) is 0.0667. The fourth-order valence-corrected chi connectivity index (χ4v) is 3.62. The monoisotopic (exact) mass is 284 g/mol. The molecule has 0 spiro atoms. The number of carbonyl (C=O) groups is 2. The molecule has 4 N–H and O–H groups in total. The first-order valence-electron chi connectivity index (χ1n) is 6.09. The van der Waals surface area contributed by atoms with Gasteiger partial charge in [-0.1, -0.05) is 36.0 Å². The number of hydrogen-bond acceptors (Lipinski definition) is 3. The third-order valence-corrected chi connectivity index (χ3v) is 4.61. The Kier molecular flexibility index (Phi) is 2.99. The zero-order valence-corrected chi connectivity index (χ0v) is 11.4. The molecule has 5 heteroatoms. The molecule has 0 unspecified atom stereocenters. The van der Waals surface area contributed by atoms with Crippen molar-refractivity contribution in [1.29, 1.82) is 0 Å². The Morgan fingerprint density at radius 3 is 2.40 bits per heavy atom. The Labute approximate surface area is 120 Å². The van der Waals surface area contributed by atoms with Crippen LogP contribution in [-0.4, -0.2) is 11.8 Å². The van der Waals surface area contributed by atoms with E-state index in [-0.39, 0.29) is 11.1 Å². The standard InChI is InChI=1S/C15H12N2O2S/c16-14(18)10-6-5-9-7-8-3-1-2-4-11(8)20-13(9)12(10)15(17)19/h1-6H,7H2,(H2,16,18)(H2,17,19). The first-order valence-corrected chi connectivity index (χ1v) is 6.91. The van der Waals surface area contributed by atoms with Gasteiger partial charge in [0, 0.05) is 9.79 Å². The molecule has 2 aromatic rings. The third kappa shape index (κ3) is 1.96. The van der Waals surface area contributed by atoms with Crippen LogP contribution < -0.4 is 11.5 Å². The van der Waals surface area contributed by atoms with Gasteiger partial charge < -0.3 is 11.5 Å². The van der Waals surface area contributed by atoms with Crippen molar-refractivity contribution >= 4 is 23.6 Å². The molecule has 1 aliphatic rings. The second-order valence-electron chi connectivity index (χ2n) is 4.59. The molecule has 20 heavy (non-hydrogen) atoms. The van der Waals surface area contributed by atoms with Crippen molar-refractivity contribution in [2.24, 2.45) is 11.5 Å². The molecule has 1 aliphatic heterocycles. The largest absolute Gasteiger partial charge is 0.366 e. The molecule has 0 fully saturated rings. The van der Waals surface area contributed by atoms with E-state index in [1.54, 1.807) is 6.07 Å². The van der Waals surface area contributed by atoms with E-state index in [0.717, 1.165) is 21.8 Å². The maximum atomic E-state index is 11.7. The predicted molar refractivity (Wildman–Crippen MR) is 76.8 cm³/mol. The van der Waals surface area contributed by atoms with Crippen molar-refractivity contribution in [2.45, 2.75) is 16.2 Å². The SMILES string of the molecule is NC(=O)c1ccc2c(c1C(N)=O)Sc1ccccc1C2. The zero-order valence-electron chi connectivity index (χ0n) is 10.6. The van der Waals surface area contributed by atoms with Crippen LogP contribution in [0.4, 0.5) is 0 Å². The summed E-state index contributed by atoms with van der Waals surface area (Å²) in [6, 6.07) is 11.4. The Bertz CT molecular complexity index is 741. The summed E-state index contributed by atoms with van der Waals surface area (Å²) in [4.78, 5) is 25.0. The normalized spacial score (nSPS) is 12.4. The summed E-state index contributed by atoms with van der Waals surface area (Å²) in [5.74, 6) is -1.26. The summed E-state index contributed by atoms with van der Waals surface area (Å²) in [7, 11) is 0. The maximum Gasteiger partial charge on any atom is 0.250 e. The van der Waals surface area contributed by atoms with Gasteiger partial charge in [0.15, 0.2) is 0 Å². The molecule has 0 aromatic heterocycles. The highest BCUT2D eigenvalue weighted by Gasteiger charge is 2.25. The van der Waals surface area contributed by atoms with Gasteiger partial charge in [-0.3, -0.25) is 9.59 Å². The van der Waals surface area contributed by atoms with Crippen LogP contribution in [0.2, 0.25) is 0 Å². The number of amides is 2. The Morgan fingerprint density at radius 1 is 0.950 bits per heavy atom. The lowest BCUT2D eigenvalue weighted by atomic mass is 9.97. The van der Waals surface area contributed by atoms with E-state index in [2.05, 4.69) is 6.07 Å². The molecule has 0 atom stereocenters. The highest BCUT2D eigenvalue weighted by atomic mass is 32.2. The summed E-state index contributed by atoms with van der Waals surface area (Å²) in [6.45, 7) is 0. The van der Waals surface area contributed by atoms with Crippen molar-refractivity contribution < 1.29 is 9.59 Å². The molecular formula is C15H12N2O2S. The Hall–Kier alpha value is -2.27. The van der Waals surface area contributed by atoms with E-state index >= 15 is 0 Å². The molecule has 0 saturated heterocycles.